The van der Waals surface area contributed by atoms with Crippen LogP contribution >= 0.6 is 11.6 Å². The molecule has 0 radical (unpaired) electrons. The summed E-state index contributed by atoms with van der Waals surface area (Å²) in [5.41, 5.74) is 0.911. The first-order chi connectivity index (χ1) is 18.6. The van der Waals surface area contributed by atoms with Crippen LogP contribution in [0.5, 0.6) is 0 Å². The predicted octanol–water partition coefficient (Wildman–Crippen LogP) is 3.03. The first-order valence-electron chi connectivity index (χ1n) is 13.2. The van der Waals surface area contributed by atoms with Crippen LogP contribution in [0.4, 0.5) is 0 Å². The highest BCUT2D eigenvalue weighted by atomic mass is 35.5. The molecule has 0 bridgehead atoms. The van der Waals surface area contributed by atoms with Crippen molar-refractivity contribution >= 4 is 40.4 Å². The molecule has 5 rings (SSSR count). The van der Waals surface area contributed by atoms with E-state index in [-0.39, 0.29) is 35.0 Å². The molecule has 39 heavy (non-hydrogen) atoms. The number of nitrogens with zero attached hydrogens (tertiary/aromatic N) is 3. The molecule has 1 aromatic carbocycles. The number of hydrogen-bond acceptors (Lipinski definition) is 5. The summed E-state index contributed by atoms with van der Waals surface area (Å²) in [5.74, 6) is -0.507. The van der Waals surface area contributed by atoms with Gasteiger partial charge in [-0.3, -0.25) is 23.7 Å². The third-order valence-corrected chi connectivity index (χ3v) is 7.43. The summed E-state index contributed by atoms with van der Waals surface area (Å²) >= 11 is 5.94. The normalized spacial score (nSPS) is 16.0. The van der Waals surface area contributed by atoms with Crippen LogP contribution in [0.3, 0.4) is 0 Å². The number of rotatable bonds is 9. The molecule has 204 valence electrons. The van der Waals surface area contributed by atoms with Crippen LogP contribution in [0.2, 0.25) is 5.02 Å². The fraction of sp³-hybridized carbons (Fsp3) is 0.414. The van der Waals surface area contributed by atoms with Crippen molar-refractivity contribution in [3.05, 3.63) is 74.7 Å². The van der Waals surface area contributed by atoms with E-state index < -0.39 is 11.5 Å². The van der Waals surface area contributed by atoms with Gasteiger partial charge in [0.05, 0.1) is 5.56 Å². The Balaban J connectivity index is 1.41. The zero-order chi connectivity index (χ0) is 27.7. The first kappa shape index (κ1) is 26.9. The Morgan fingerprint density at radius 2 is 1.77 bits per heavy atom. The first-order valence-corrected chi connectivity index (χ1v) is 13.6. The molecule has 0 unspecified atom stereocenters. The second-order valence-electron chi connectivity index (χ2n) is 11.3. The van der Waals surface area contributed by atoms with Gasteiger partial charge in [-0.15, -0.1) is 0 Å². The van der Waals surface area contributed by atoms with Crippen molar-refractivity contribution in [3.63, 3.8) is 0 Å². The Kier molecular flexibility index (Phi) is 7.44. The zero-order valence-electron chi connectivity index (χ0n) is 22.1. The molecule has 1 saturated heterocycles. The van der Waals surface area contributed by atoms with Crippen LogP contribution in [0.25, 0.3) is 11.0 Å². The minimum Gasteiger partial charge on any atom is -0.352 e. The van der Waals surface area contributed by atoms with Gasteiger partial charge in [0, 0.05) is 42.8 Å². The molecule has 2 N–H and O–H groups in total. The molecule has 2 fully saturated rings. The van der Waals surface area contributed by atoms with E-state index in [1.54, 1.807) is 23.1 Å². The van der Waals surface area contributed by atoms with E-state index in [1.165, 1.54) is 16.8 Å². The standard InChI is InChI=1S/C29H32ClN5O4/c1-29(2)16-34(17-29)24(36)15-35-25-20(11-21(14-32-25)26(37)33-13-19-3-4-19)12-23(28(35)39)27(38)31-10-9-18-5-7-22(30)8-6-18/h5-8,11-12,14,19H,3-4,9-10,13,15-17H2,1-2H3,(H,31,38)(H,33,37). The maximum atomic E-state index is 13.5. The molecule has 1 aliphatic heterocycles. The topological polar surface area (TPSA) is 113 Å². The summed E-state index contributed by atoms with van der Waals surface area (Å²) in [7, 11) is 0. The number of pyridine rings is 2. The fourth-order valence-corrected chi connectivity index (χ4v) is 4.95. The van der Waals surface area contributed by atoms with Gasteiger partial charge in [0.25, 0.3) is 17.4 Å². The lowest BCUT2D eigenvalue weighted by Gasteiger charge is -2.45. The van der Waals surface area contributed by atoms with E-state index >= 15 is 0 Å². The van der Waals surface area contributed by atoms with Crippen LogP contribution in [0, 0.1) is 11.3 Å². The van der Waals surface area contributed by atoms with Crippen molar-refractivity contribution in [1.82, 2.24) is 25.1 Å². The number of aromatic nitrogens is 2. The molecule has 3 amide bonds. The summed E-state index contributed by atoms with van der Waals surface area (Å²) in [5, 5.41) is 6.78. The molecule has 1 aliphatic carbocycles. The third kappa shape index (κ3) is 6.30. The van der Waals surface area contributed by atoms with Crippen molar-refractivity contribution in [2.75, 3.05) is 26.2 Å². The van der Waals surface area contributed by atoms with E-state index in [1.807, 2.05) is 12.1 Å². The van der Waals surface area contributed by atoms with Crippen LogP contribution < -0.4 is 16.2 Å². The van der Waals surface area contributed by atoms with E-state index in [4.69, 9.17) is 11.6 Å². The predicted molar refractivity (Wildman–Crippen MR) is 149 cm³/mol. The van der Waals surface area contributed by atoms with Gasteiger partial charge in [0.2, 0.25) is 5.91 Å². The number of carbonyl (C=O) groups is 3. The number of amides is 3. The number of hydrogen-bond donors (Lipinski definition) is 2. The SMILES string of the molecule is CC1(C)CN(C(=O)Cn2c(=O)c(C(=O)NCCc3ccc(Cl)cc3)cc3cc(C(=O)NCC4CC4)cnc32)C1. The van der Waals surface area contributed by atoms with Crippen molar-refractivity contribution in [2.24, 2.45) is 11.3 Å². The van der Waals surface area contributed by atoms with E-state index in [9.17, 15) is 19.2 Å². The maximum Gasteiger partial charge on any atom is 0.265 e. The number of nitrogens with one attached hydrogen (secondary N) is 2. The van der Waals surface area contributed by atoms with Gasteiger partial charge in [0.1, 0.15) is 17.8 Å². The van der Waals surface area contributed by atoms with Crippen LogP contribution in [-0.2, 0) is 17.8 Å². The van der Waals surface area contributed by atoms with Crippen LogP contribution in [0.1, 0.15) is 53.0 Å². The second-order valence-corrected chi connectivity index (χ2v) is 11.7. The van der Waals surface area contributed by atoms with Crippen molar-refractivity contribution in [2.45, 2.75) is 39.7 Å². The molecule has 0 spiro atoms. The molecule has 3 aromatic rings. The van der Waals surface area contributed by atoms with Gasteiger partial charge in [0.15, 0.2) is 0 Å². The molecule has 3 heterocycles. The third-order valence-electron chi connectivity index (χ3n) is 7.18. The largest absolute Gasteiger partial charge is 0.352 e. The average Bonchev–Trinajstić information content (AvgIpc) is 3.72. The summed E-state index contributed by atoms with van der Waals surface area (Å²) in [6.45, 7) is 6.02. The Labute approximate surface area is 231 Å². The van der Waals surface area contributed by atoms with Gasteiger partial charge < -0.3 is 15.5 Å². The van der Waals surface area contributed by atoms with Gasteiger partial charge >= 0.3 is 0 Å². The minimum absolute atomic E-state index is 0.0372. The number of fused-ring (bicyclic) bond motifs is 1. The van der Waals surface area contributed by atoms with Crippen molar-refractivity contribution in [1.29, 1.82) is 0 Å². The van der Waals surface area contributed by atoms with Crippen LogP contribution in [-0.4, -0.2) is 58.4 Å². The Morgan fingerprint density at radius 3 is 2.44 bits per heavy atom. The average molecular weight is 550 g/mol. The van der Waals surface area contributed by atoms with Gasteiger partial charge in [-0.1, -0.05) is 37.6 Å². The molecule has 2 aliphatic rings. The summed E-state index contributed by atoms with van der Waals surface area (Å²) in [4.78, 5) is 58.4. The highest BCUT2D eigenvalue weighted by molar-refractivity contribution is 6.30. The van der Waals surface area contributed by atoms with Crippen molar-refractivity contribution < 1.29 is 14.4 Å². The molecule has 1 saturated carbocycles. The van der Waals surface area contributed by atoms with Gasteiger partial charge in [-0.05, 0) is 60.4 Å². The fourth-order valence-electron chi connectivity index (χ4n) is 4.83. The Bertz CT molecular complexity index is 1490. The Morgan fingerprint density at radius 1 is 1.05 bits per heavy atom. The molecule has 0 atom stereocenters. The van der Waals surface area contributed by atoms with E-state index in [0.29, 0.717) is 54.5 Å². The number of likely N-dealkylation sites (tertiary alicyclic amines) is 1. The maximum absolute atomic E-state index is 13.5. The highest BCUT2D eigenvalue weighted by Crippen LogP contribution is 2.29. The number of carbonyl (C=O) groups excluding carboxylic acids is 3. The van der Waals surface area contributed by atoms with Crippen LogP contribution in [0.15, 0.2) is 47.4 Å². The highest BCUT2D eigenvalue weighted by Gasteiger charge is 2.37. The molecule has 9 nitrogen and oxygen atoms in total. The lowest BCUT2D eigenvalue weighted by molar-refractivity contribution is -0.142. The van der Waals surface area contributed by atoms with E-state index in [2.05, 4.69) is 29.5 Å². The lowest BCUT2D eigenvalue weighted by Crippen LogP contribution is -2.56. The van der Waals surface area contributed by atoms with Gasteiger partial charge in [-0.25, -0.2) is 4.98 Å². The summed E-state index contributed by atoms with van der Waals surface area (Å²) < 4.78 is 1.24. The Hall–Kier alpha value is -3.72. The molecule has 2 aromatic heterocycles. The summed E-state index contributed by atoms with van der Waals surface area (Å²) in [6, 6.07) is 10.4. The number of benzene rings is 1. The monoisotopic (exact) mass is 549 g/mol. The quantitative estimate of drug-likeness (QED) is 0.426. The number of halogens is 1. The van der Waals surface area contributed by atoms with E-state index in [0.717, 1.165) is 18.4 Å². The smallest absolute Gasteiger partial charge is 0.265 e. The lowest BCUT2D eigenvalue weighted by atomic mass is 9.84. The zero-order valence-corrected chi connectivity index (χ0v) is 22.9. The van der Waals surface area contributed by atoms with Gasteiger partial charge in [-0.2, -0.15) is 0 Å². The second kappa shape index (κ2) is 10.8. The summed E-state index contributed by atoms with van der Waals surface area (Å²) in [6.07, 6.45) is 4.19. The van der Waals surface area contributed by atoms with Crippen molar-refractivity contribution in [3.8, 4) is 0 Å². The molecule has 10 heteroatoms. The molecular formula is C29H32ClN5O4. The molecular weight excluding hydrogens is 518 g/mol. The minimum atomic E-state index is -0.599.